The van der Waals surface area contributed by atoms with Crippen molar-refractivity contribution in [1.82, 2.24) is 20.9 Å². The number of amides is 3. The van der Waals surface area contributed by atoms with Crippen LogP contribution in [0.4, 0.5) is 0 Å². The number of benzene rings is 3. The summed E-state index contributed by atoms with van der Waals surface area (Å²) in [6, 6.07) is 17.8. The van der Waals surface area contributed by atoms with Gasteiger partial charge in [0.25, 0.3) is 17.7 Å². The van der Waals surface area contributed by atoms with Crippen LogP contribution in [0.15, 0.2) is 72.8 Å². The van der Waals surface area contributed by atoms with Gasteiger partial charge in [0.05, 0.1) is 16.7 Å². The van der Waals surface area contributed by atoms with Gasteiger partial charge in [-0.3, -0.25) is 19.3 Å². The van der Waals surface area contributed by atoms with Crippen LogP contribution in [0.2, 0.25) is 0 Å². The number of nitrogens with zero attached hydrogens (tertiary/aromatic N) is 1. The molecule has 314 valence electrons. The molecule has 0 spiro atoms. The van der Waals surface area contributed by atoms with Crippen molar-refractivity contribution >= 4 is 35.6 Å². The minimum absolute atomic E-state index is 0.0818. The first kappa shape index (κ1) is 46.6. The summed E-state index contributed by atoms with van der Waals surface area (Å²) in [4.78, 5) is 77.8. The van der Waals surface area contributed by atoms with E-state index in [1.807, 2.05) is 4.90 Å². The fourth-order valence-corrected chi connectivity index (χ4v) is 5.13. The second kappa shape index (κ2) is 24.8. The predicted molar refractivity (Wildman–Crippen MR) is 215 cm³/mol. The number of carbonyl (C=O) groups excluding carboxylic acids is 6. The van der Waals surface area contributed by atoms with E-state index in [0.29, 0.717) is 36.3 Å². The Kier molecular flexibility index (Phi) is 19.9. The number of hydrogen-bond acceptors (Lipinski definition) is 16. The molecule has 0 atom stereocenters. The molecule has 3 amide bonds. The molecule has 0 fully saturated rings. The lowest BCUT2D eigenvalue weighted by Crippen LogP contribution is -2.43. The monoisotopic (exact) mass is 806 g/mol. The number of nitrogens with one attached hydrogen (secondary N) is 3. The fraction of sp³-hybridized carbons (Fsp3) is 0.385. The van der Waals surface area contributed by atoms with Crippen molar-refractivity contribution in [2.75, 3.05) is 78.5 Å². The lowest BCUT2D eigenvalue weighted by molar-refractivity contribution is 0.0329. The zero-order valence-corrected chi connectivity index (χ0v) is 32.2. The van der Waals surface area contributed by atoms with Crippen LogP contribution in [-0.2, 0) is 14.2 Å². The van der Waals surface area contributed by atoms with Crippen LogP contribution < -0.4 is 50.4 Å². The molecule has 0 aliphatic carbocycles. The van der Waals surface area contributed by atoms with Crippen LogP contribution in [0.25, 0.3) is 0 Å². The zero-order chi connectivity index (χ0) is 42.5. The van der Waals surface area contributed by atoms with Crippen LogP contribution in [0.1, 0.15) is 62.1 Å². The average Bonchev–Trinajstić information content (AvgIpc) is 3.25. The van der Waals surface area contributed by atoms with E-state index in [-0.39, 0.29) is 93.3 Å². The van der Waals surface area contributed by atoms with Crippen molar-refractivity contribution in [1.29, 1.82) is 0 Å². The number of hydrogen-bond donors (Lipinski definition) is 9. The molecule has 3 aromatic rings. The molecule has 0 aromatic heterocycles. The zero-order valence-electron chi connectivity index (χ0n) is 32.2. The van der Waals surface area contributed by atoms with Crippen molar-refractivity contribution < 1.29 is 43.0 Å². The highest BCUT2D eigenvalue weighted by molar-refractivity contribution is 5.98. The predicted octanol–water partition coefficient (Wildman–Crippen LogP) is -2.09. The van der Waals surface area contributed by atoms with Crippen molar-refractivity contribution in [2.45, 2.75) is 18.3 Å². The van der Waals surface area contributed by atoms with E-state index >= 15 is 0 Å². The molecule has 19 nitrogen and oxygen atoms in total. The molecular weight excluding hydrogens is 752 g/mol. The lowest BCUT2D eigenvalue weighted by Gasteiger charge is -2.23. The van der Waals surface area contributed by atoms with E-state index in [1.165, 1.54) is 72.8 Å². The summed E-state index contributed by atoms with van der Waals surface area (Å²) in [6.45, 7) is 2.14. The Morgan fingerprint density at radius 3 is 0.810 bits per heavy atom. The van der Waals surface area contributed by atoms with Crippen molar-refractivity contribution in [2.24, 2.45) is 34.4 Å². The Balaban J connectivity index is 1.59. The Bertz CT molecular complexity index is 1570. The SMILES string of the molecule is NCC(CN)OC(=O)c1ccc(C(=O)NCCN(CCNC(=O)c2ccc(C(=O)OC(CN)CN)cc2)CCNC(=O)c2ccc(C(=O)OC(CN)CN)cc2)cc1. The lowest BCUT2D eigenvalue weighted by atomic mass is 10.1. The molecule has 0 aliphatic heterocycles. The van der Waals surface area contributed by atoms with Gasteiger partial charge in [0.15, 0.2) is 0 Å². The third-order valence-electron chi connectivity index (χ3n) is 8.69. The highest BCUT2D eigenvalue weighted by Gasteiger charge is 2.18. The van der Waals surface area contributed by atoms with Crippen LogP contribution in [0, 0.1) is 0 Å². The van der Waals surface area contributed by atoms with Gasteiger partial charge in [-0.15, -0.1) is 0 Å². The maximum absolute atomic E-state index is 12.9. The summed E-state index contributed by atoms with van der Waals surface area (Å²) in [5, 5.41) is 8.51. The summed E-state index contributed by atoms with van der Waals surface area (Å²) in [7, 11) is 0. The Hall–Kier alpha value is -5.80. The molecule has 3 aromatic carbocycles. The second-order valence-electron chi connectivity index (χ2n) is 12.8. The summed E-state index contributed by atoms with van der Waals surface area (Å²) in [5.74, 6) is -2.97. The van der Waals surface area contributed by atoms with E-state index in [0.717, 1.165) is 0 Å². The minimum atomic E-state index is -0.618. The molecule has 15 N–H and O–H groups in total. The molecule has 3 rings (SSSR count). The minimum Gasteiger partial charge on any atom is -0.456 e. The molecule has 0 bridgehead atoms. The Morgan fingerprint density at radius 2 is 0.603 bits per heavy atom. The van der Waals surface area contributed by atoms with Gasteiger partial charge in [-0.2, -0.15) is 0 Å². The molecule has 0 radical (unpaired) electrons. The quantitative estimate of drug-likeness (QED) is 0.0346. The van der Waals surface area contributed by atoms with Crippen LogP contribution in [0.5, 0.6) is 0 Å². The average molecular weight is 807 g/mol. The number of nitrogens with two attached hydrogens (primary N) is 6. The van der Waals surface area contributed by atoms with E-state index in [4.69, 9.17) is 48.6 Å². The highest BCUT2D eigenvalue weighted by Crippen LogP contribution is 2.10. The number of rotatable bonds is 24. The molecule has 0 saturated carbocycles. The third-order valence-corrected chi connectivity index (χ3v) is 8.69. The van der Waals surface area contributed by atoms with Crippen molar-refractivity contribution in [3.8, 4) is 0 Å². The van der Waals surface area contributed by atoms with Crippen LogP contribution in [0.3, 0.4) is 0 Å². The first-order valence-corrected chi connectivity index (χ1v) is 18.7. The van der Waals surface area contributed by atoms with Gasteiger partial charge in [0.1, 0.15) is 18.3 Å². The van der Waals surface area contributed by atoms with Gasteiger partial charge in [-0.25, -0.2) is 14.4 Å². The van der Waals surface area contributed by atoms with Crippen LogP contribution >= 0.6 is 0 Å². The topological polar surface area (TPSA) is 326 Å². The molecule has 0 heterocycles. The highest BCUT2D eigenvalue weighted by atomic mass is 16.6. The Morgan fingerprint density at radius 1 is 0.397 bits per heavy atom. The van der Waals surface area contributed by atoms with Gasteiger partial charge in [-0.1, -0.05) is 0 Å². The number of esters is 3. The summed E-state index contributed by atoms with van der Waals surface area (Å²) in [5.41, 5.74) is 34.9. The molecular formula is C39H54N10O9. The normalized spacial score (nSPS) is 11.1. The van der Waals surface area contributed by atoms with Crippen molar-refractivity contribution in [3.05, 3.63) is 106 Å². The smallest absolute Gasteiger partial charge is 0.338 e. The summed E-state index contributed by atoms with van der Waals surface area (Å²) in [6.07, 6.45) is -1.85. The largest absolute Gasteiger partial charge is 0.456 e. The summed E-state index contributed by atoms with van der Waals surface area (Å²) >= 11 is 0. The molecule has 19 heteroatoms. The maximum atomic E-state index is 12.9. The van der Waals surface area contributed by atoms with E-state index in [2.05, 4.69) is 16.0 Å². The maximum Gasteiger partial charge on any atom is 0.338 e. The molecule has 0 saturated heterocycles. The van der Waals surface area contributed by atoms with Crippen molar-refractivity contribution in [3.63, 3.8) is 0 Å². The third kappa shape index (κ3) is 14.9. The number of ether oxygens (including phenoxy) is 3. The van der Waals surface area contributed by atoms with Crippen LogP contribution in [-0.4, -0.2) is 137 Å². The molecule has 58 heavy (non-hydrogen) atoms. The van der Waals surface area contributed by atoms with E-state index in [9.17, 15) is 28.8 Å². The van der Waals surface area contributed by atoms with Gasteiger partial charge in [0, 0.05) is 95.2 Å². The summed E-state index contributed by atoms with van der Waals surface area (Å²) < 4.78 is 15.7. The number of carbonyl (C=O) groups is 6. The standard InChI is InChI=1S/C39H54N10O9/c40-19-31(20-41)56-37(53)28-7-1-25(2-8-28)34(50)46-13-16-49(17-14-47-35(51)26-3-9-29(10-4-26)38(54)57-32(21-42)22-43)18-15-48-36(52)27-5-11-30(12-6-27)39(55)58-33(23-44)24-45/h1-12,31-33H,13-24,40-45H2,(H,46,50)(H,47,51)(H,48,52). The van der Waals surface area contributed by atoms with Gasteiger partial charge < -0.3 is 64.6 Å². The van der Waals surface area contributed by atoms with E-state index in [1.54, 1.807) is 0 Å². The molecule has 0 aliphatic rings. The van der Waals surface area contributed by atoms with Gasteiger partial charge >= 0.3 is 17.9 Å². The second-order valence-corrected chi connectivity index (χ2v) is 12.8. The first-order chi connectivity index (χ1) is 28.0. The van der Waals surface area contributed by atoms with Gasteiger partial charge in [-0.05, 0) is 72.8 Å². The first-order valence-electron chi connectivity index (χ1n) is 18.7. The Labute approximate surface area is 336 Å². The molecule has 0 unspecified atom stereocenters. The fourth-order valence-electron chi connectivity index (χ4n) is 5.13. The van der Waals surface area contributed by atoms with E-state index < -0.39 is 36.2 Å². The van der Waals surface area contributed by atoms with Gasteiger partial charge in [0.2, 0.25) is 0 Å².